The van der Waals surface area contributed by atoms with E-state index in [-0.39, 0.29) is 11.8 Å². The number of morpholine rings is 1. The molecule has 2 amide bonds. The van der Waals surface area contributed by atoms with Crippen LogP contribution in [-0.2, 0) is 16.0 Å². The fourth-order valence-electron chi connectivity index (χ4n) is 4.22. The van der Waals surface area contributed by atoms with Crippen molar-refractivity contribution in [2.24, 2.45) is 0 Å². The molecule has 166 valence electrons. The van der Waals surface area contributed by atoms with E-state index in [1.54, 1.807) is 36.9 Å². The fourth-order valence-corrected chi connectivity index (χ4v) is 4.22. The van der Waals surface area contributed by atoms with Crippen molar-refractivity contribution >= 4 is 28.8 Å². The Morgan fingerprint density at radius 1 is 1.22 bits per heavy atom. The molecule has 0 bridgehead atoms. The Morgan fingerprint density at radius 3 is 2.81 bits per heavy atom. The Labute approximate surface area is 184 Å². The number of rotatable bonds is 4. The van der Waals surface area contributed by atoms with Gasteiger partial charge >= 0.3 is 0 Å². The Kier molecular flexibility index (Phi) is 4.93. The molecule has 1 fully saturated rings. The first-order valence-electron chi connectivity index (χ1n) is 10.5. The average Bonchev–Trinajstić information content (AvgIpc) is 3.39. The topological polar surface area (TPSA) is 110 Å². The summed E-state index contributed by atoms with van der Waals surface area (Å²) in [6.07, 6.45) is 5.28. The largest absolute Gasteiger partial charge is 0.477 e. The first kappa shape index (κ1) is 20.3. The molecule has 2 N–H and O–H groups in total. The van der Waals surface area contributed by atoms with Crippen molar-refractivity contribution in [2.45, 2.75) is 18.9 Å². The molecule has 10 nitrogen and oxygen atoms in total. The molecule has 5 rings (SSSR count). The quantitative estimate of drug-likeness (QED) is 0.634. The second-order valence-corrected chi connectivity index (χ2v) is 8.07. The van der Waals surface area contributed by atoms with E-state index in [0.29, 0.717) is 55.4 Å². The minimum atomic E-state index is -0.992. The fraction of sp³-hybridized carbons (Fsp3) is 0.364. The Balaban J connectivity index is 1.51. The molecule has 0 saturated carbocycles. The lowest BCUT2D eigenvalue weighted by molar-refractivity contribution is -0.133. The van der Waals surface area contributed by atoms with E-state index in [2.05, 4.69) is 25.6 Å². The molecule has 0 radical (unpaired) electrons. The second-order valence-electron chi connectivity index (χ2n) is 8.07. The molecule has 0 unspecified atom stereocenters. The summed E-state index contributed by atoms with van der Waals surface area (Å²) in [6.45, 7) is 4.33. The minimum absolute atomic E-state index is 0.190. The summed E-state index contributed by atoms with van der Waals surface area (Å²) < 4.78 is 13.1. The van der Waals surface area contributed by atoms with Gasteiger partial charge in [0.1, 0.15) is 11.3 Å². The molecule has 2 aliphatic rings. The molecule has 2 aliphatic heterocycles. The monoisotopic (exact) mass is 436 g/mol. The number of aromatic nitrogens is 3. The summed E-state index contributed by atoms with van der Waals surface area (Å²) in [5.41, 5.74) is 2.21. The van der Waals surface area contributed by atoms with Crippen molar-refractivity contribution in [3.8, 4) is 5.75 Å². The zero-order chi connectivity index (χ0) is 22.3. The molecule has 1 saturated heterocycles. The summed E-state index contributed by atoms with van der Waals surface area (Å²) in [6, 6.07) is 5.55. The molecule has 2 aromatic heterocycles. The van der Waals surface area contributed by atoms with Gasteiger partial charge < -0.3 is 25.0 Å². The predicted molar refractivity (Wildman–Crippen MR) is 117 cm³/mol. The van der Waals surface area contributed by atoms with Gasteiger partial charge in [-0.15, -0.1) is 0 Å². The molecule has 3 aromatic rings. The van der Waals surface area contributed by atoms with Gasteiger partial charge in [-0.2, -0.15) is 5.10 Å². The molecule has 0 aliphatic carbocycles. The highest BCUT2D eigenvalue weighted by Gasteiger charge is 2.42. The molecule has 0 spiro atoms. The number of hydrogen-bond donors (Lipinski definition) is 2. The molecule has 32 heavy (non-hydrogen) atoms. The number of hydrogen-bond acceptors (Lipinski definition) is 7. The number of benzene rings is 1. The van der Waals surface area contributed by atoms with Crippen LogP contribution in [0.15, 0.2) is 36.8 Å². The lowest BCUT2D eigenvalue weighted by Crippen LogP contribution is -2.46. The first-order chi connectivity index (χ1) is 15.5. The van der Waals surface area contributed by atoms with Gasteiger partial charge in [0.15, 0.2) is 11.2 Å². The van der Waals surface area contributed by atoms with Gasteiger partial charge in [0.05, 0.1) is 30.8 Å². The zero-order valence-corrected chi connectivity index (χ0v) is 17.9. The number of anilines is 2. The number of nitrogens with zero attached hydrogens (tertiary/aromatic N) is 4. The van der Waals surface area contributed by atoms with Crippen LogP contribution in [0, 0.1) is 0 Å². The number of carbonyl (C=O) groups is 2. The summed E-state index contributed by atoms with van der Waals surface area (Å²) in [7, 11) is 1.59. The highest BCUT2D eigenvalue weighted by atomic mass is 16.5. The van der Waals surface area contributed by atoms with Crippen LogP contribution in [-0.4, -0.2) is 65.4 Å². The molecule has 1 aromatic carbocycles. The highest BCUT2D eigenvalue weighted by Crippen LogP contribution is 2.42. The van der Waals surface area contributed by atoms with E-state index < -0.39 is 5.60 Å². The van der Waals surface area contributed by atoms with Crippen LogP contribution in [0.3, 0.4) is 0 Å². The normalized spacial score (nSPS) is 20.0. The van der Waals surface area contributed by atoms with Crippen LogP contribution in [0.1, 0.15) is 22.8 Å². The van der Waals surface area contributed by atoms with Crippen LogP contribution < -0.4 is 20.3 Å². The predicted octanol–water partition coefficient (Wildman–Crippen LogP) is 1.26. The molecule has 10 heteroatoms. The Bertz CT molecular complexity index is 1200. The van der Waals surface area contributed by atoms with E-state index >= 15 is 0 Å². The number of amides is 2. The summed E-state index contributed by atoms with van der Waals surface area (Å²) in [4.78, 5) is 32.0. The minimum Gasteiger partial charge on any atom is -0.477 e. The Hall–Kier alpha value is -3.66. The van der Waals surface area contributed by atoms with Crippen LogP contribution in [0.5, 0.6) is 5.75 Å². The van der Waals surface area contributed by atoms with E-state index in [4.69, 9.17) is 9.47 Å². The van der Waals surface area contributed by atoms with Gasteiger partial charge in [0.2, 0.25) is 0 Å². The van der Waals surface area contributed by atoms with Gasteiger partial charge in [0.25, 0.3) is 11.8 Å². The maximum absolute atomic E-state index is 13.2. The van der Waals surface area contributed by atoms with Gasteiger partial charge in [0, 0.05) is 50.6 Å². The van der Waals surface area contributed by atoms with Gasteiger partial charge in [-0.3, -0.25) is 9.59 Å². The van der Waals surface area contributed by atoms with E-state index in [1.807, 2.05) is 12.1 Å². The van der Waals surface area contributed by atoms with E-state index in [1.165, 1.54) is 6.20 Å². The van der Waals surface area contributed by atoms with E-state index in [0.717, 1.165) is 11.3 Å². The number of fused-ring (bicyclic) bond motifs is 2. The van der Waals surface area contributed by atoms with Gasteiger partial charge in [-0.05, 0) is 19.1 Å². The maximum atomic E-state index is 13.2. The summed E-state index contributed by atoms with van der Waals surface area (Å²) in [5.74, 6) is 0.152. The molecular weight excluding hydrogens is 412 g/mol. The van der Waals surface area contributed by atoms with Crippen molar-refractivity contribution in [3.05, 3.63) is 47.9 Å². The Morgan fingerprint density at radius 2 is 2.03 bits per heavy atom. The lowest BCUT2D eigenvalue weighted by Gasteiger charge is -2.31. The van der Waals surface area contributed by atoms with Crippen molar-refractivity contribution in [1.29, 1.82) is 0 Å². The number of likely N-dealkylation sites (N-methyl/N-ethyl adjacent to an activating group) is 1. The second kappa shape index (κ2) is 7.79. The number of ether oxygens (including phenoxy) is 2. The standard InChI is InChI=1S/C22H24N6O4/c1-22(21(30)23-2)12-14-10-16(17(11-18(14)32-22)27-6-8-31-9-7-27)26-20(29)15-13-25-28-5-3-4-24-19(15)28/h3-5,10-11,13H,6-9,12H2,1-2H3,(H,23,30)(H,26,29)/t22-/m0/s1. The van der Waals surface area contributed by atoms with Crippen LogP contribution >= 0.6 is 0 Å². The third kappa shape index (κ3) is 3.42. The van der Waals surface area contributed by atoms with Crippen LogP contribution in [0.25, 0.3) is 5.65 Å². The first-order valence-corrected chi connectivity index (χ1v) is 10.5. The number of nitrogens with one attached hydrogen (secondary N) is 2. The van der Waals surface area contributed by atoms with Gasteiger partial charge in [-0.25, -0.2) is 9.50 Å². The van der Waals surface area contributed by atoms with Gasteiger partial charge in [-0.1, -0.05) is 0 Å². The summed E-state index contributed by atoms with van der Waals surface area (Å²) >= 11 is 0. The SMILES string of the molecule is CNC(=O)[C@]1(C)Cc2cc(NC(=O)c3cnn4cccnc34)c(N3CCOCC3)cc2O1. The maximum Gasteiger partial charge on any atom is 0.264 e. The van der Waals surface area contributed by atoms with Crippen molar-refractivity contribution < 1.29 is 19.1 Å². The molecular formula is C22H24N6O4. The highest BCUT2D eigenvalue weighted by molar-refractivity contribution is 6.09. The third-order valence-corrected chi connectivity index (χ3v) is 5.87. The molecule has 4 heterocycles. The van der Waals surface area contributed by atoms with Crippen molar-refractivity contribution in [3.63, 3.8) is 0 Å². The van der Waals surface area contributed by atoms with Crippen LogP contribution in [0.2, 0.25) is 0 Å². The molecule has 1 atom stereocenters. The third-order valence-electron chi connectivity index (χ3n) is 5.87. The lowest BCUT2D eigenvalue weighted by atomic mass is 9.97. The zero-order valence-electron chi connectivity index (χ0n) is 17.9. The van der Waals surface area contributed by atoms with E-state index in [9.17, 15) is 9.59 Å². The summed E-state index contributed by atoms with van der Waals surface area (Å²) in [5, 5.41) is 9.90. The number of carbonyl (C=O) groups excluding carboxylic acids is 2. The smallest absolute Gasteiger partial charge is 0.264 e. The van der Waals surface area contributed by atoms with Crippen molar-refractivity contribution in [2.75, 3.05) is 43.6 Å². The average molecular weight is 436 g/mol. The van der Waals surface area contributed by atoms with Crippen molar-refractivity contribution in [1.82, 2.24) is 19.9 Å². The van der Waals surface area contributed by atoms with Crippen LogP contribution in [0.4, 0.5) is 11.4 Å².